The summed E-state index contributed by atoms with van der Waals surface area (Å²) in [5, 5.41) is 8.62. The largest absolute Gasteiger partial charge is 0.493 e. The highest BCUT2D eigenvalue weighted by molar-refractivity contribution is 5.91. The van der Waals surface area contributed by atoms with E-state index in [1.165, 1.54) is 18.0 Å². The average molecular weight is 824 g/mol. The molecule has 2 heterocycles. The van der Waals surface area contributed by atoms with Crippen molar-refractivity contribution in [3.05, 3.63) is 185 Å². The van der Waals surface area contributed by atoms with Crippen LogP contribution in [0.5, 0.6) is 11.5 Å². The minimum Gasteiger partial charge on any atom is -0.493 e. The monoisotopic (exact) mass is 823 g/mol. The molecule has 61 heavy (non-hydrogen) atoms. The van der Waals surface area contributed by atoms with Gasteiger partial charge >= 0.3 is 23.9 Å². The van der Waals surface area contributed by atoms with E-state index in [4.69, 9.17) is 33.2 Å². The van der Waals surface area contributed by atoms with Gasteiger partial charge in [0.25, 0.3) is 0 Å². The highest BCUT2D eigenvalue weighted by Crippen LogP contribution is 2.36. The zero-order valence-electron chi connectivity index (χ0n) is 33.1. The van der Waals surface area contributed by atoms with Crippen molar-refractivity contribution in [1.29, 1.82) is 0 Å². The van der Waals surface area contributed by atoms with Gasteiger partial charge in [0.15, 0.2) is 36.0 Å². The van der Waals surface area contributed by atoms with Crippen LogP contribution in [0.2, 0.25) is 0 Å². The molecule has 14 nitrogen and oxygen atoms in total. The number of aromatic nitrogens is 3. The first-order chi connectivity index (χ1) is 29.8. The maximum atomic E-state index is 14.0. The highest BCUT2D eigenvalue weighted by atomic mass is 16.7. The molecular formula is C47H41N3O11. The second-order valence-electron chi connectivity index (χ2n) is 13.6. The van der Waals surface area contributed by atoms with E-state index in [0.29, 0.717) is 17.2 Å². The lowest BCUT2D eigenvalue weighted by Crippen LogP contribution is -2.61. The molecule has 1 saturated heterocycles. The van der Waals surface area contributed by atoms with Crippen molar-refractivity contribution >= 4 is 30.0 Å². The molecule has 0 amide bonds. The van der Waals surface area contributed by atoms with Crippen molar-refractivity contribution in [1.82, 2.24) is 15.0 Å². The molecule has 0 spiro atoms. The maximum absolute atomic E-state index is 14.0. The van der Waals surface area contributed by atoms with Crippen LogP contribution in [-0.4, -0.2) is 77.0 Å². The summed E-state index contributed by atoms with van der Waals surface area (Å²) in [5.74, 6) is -2.19. The summed E-state index contributed by atoms with van der Waals surface area (Å²) >= 11 is 0. The number of rotatable bonds is 15. The predicted molar refractivity (Wildman–Crippen MR) is 220 cm³/mol. The Balaban J connectivity index is 1.28. The number of hydrogen-bond acceptors (Lipinski definition) is 13. The molecular weight excluding hydrogens is 783 g/mol. The van der Waals surface area contributed by atoms with E-state index in [1.54, 1.807) is 127 Å². The van der Waals surface area contributed by atoms with Gasteiger partial charge in [0.1, 0.15) is 25.0 Å². The predicted octanol–water partition coefficient (Wildman–Crippen LogP) is 7.33. The number of benzene rings is 5. The van der Waals surface area contributed by atoms with Crippen molar-refractivity contribution < 1.29 is 52.3 Å². The van der Waals surface area contributed by atoms with Gasteiger partial charge < -0.3 is 33.2 Å². The molecule has 1 fully saturated rings. The lowest BCUT2D eigenvalue weighted by Gasteiger charge is -2.44. The summed E-state index contributed by atoms with van der Waals surface area (Å²) in [4.78, 5) is 55.0. The Morgan fingerprint density at radius 1 is 0.639 bits per heavy atom. The Labute approximate surface area is 351 Å². The molecule has 14 heteroatoms. The molecule has 1 aliphatic rings. The fourth-order valence-corrected chi connectivity index (χ4v) is 6.51. The van der Waals surface area contributed by atoms with Crippen LogP contribution in [0.4, 0.5) is 0 Å². The second-order valence-corrected chi connectivity index (χ2v) is 13.6. The van der Waals surface area contributed by atoms with Gasteiger partial charge in [-0.1, -0.05) is 96.2 Å². The zero-order valence-corrected chi connectivity index (χ0v) is 33.1. The van der Waals surface area contributed by atoms with Gasteiger partial charge in [-0.25, -0.2) is 23.9 Å². The maximum Gasteiger partial charge on any atom is 0.338 e. The minimum atomic E-state index is -1.57. The first kappa shape index (κ1) is 41.6. The molecule has 0 bridgehead atoms. The van der Waals surface area contributed by atoms with E-state index in [0.717, 1.165) is 5.56 Å². The minimum absolute atomic E-state index is 0.0671. The van der Waals surface area contributed by atoms with Crippen LogP contribution >= 0.6 is 0 Å². The van der Waals surface area contributed by atoms with Gasteiger partial charge in [-0.05, 0) is 73.2 Å². The summed E-state index contributed by atoms with van der Waals surface area (Å²) in [6.07, 6.45) is -2.01. The van der Waals surface area contributed by atoms with Gasteiger partial charge in [-0.2, -0.15) is 0 Å². The Bertz CT molecular complexity index is 2440. The number of carbonyl (C=O) groups is 4. The average Bonchev–Trinajstić information content (AvgIpc) is 3.79. The van der Waals surface area contributed by atoms with Gasteiger partial charge in [0, 0.05) is 0 Å². The zero-order chi connectivity index (χ0) is 42.6. The third-order valence-corrected chi connectivity index (χ3v) is 9.50. The number of allylic oxidation sites excluding steroid dienone is 1. The van der Waals surface area contributed by atoms with E-state index in [-0.39, 0.29) is 28.9 Å². The normalized spacial score (nSPS) is 18.4. The molecule has 0 aliphatic carbocycles. The fourth-order valence-electron chi connectivity index (χ4n) is 6.51. The summed E-state index contributed by atoms with van der Waals surface area (Å²) in [6, 6.07) is 38.1. The van der Waals surface area contributed by atoms with Crippen LogP contribution in [-0.2, 0) is 30.3 Å². The van der Waals surface area contributed by atoms with E-state index >= 15 is 0 Å². The number of carbonyl (C=O) groups excluding carboxylic acids is 4. The quantitative estimate of drug-likeness (QED) is 0.0748. The van der Waals surface area contributed by atoms with Crippen LogP contribution in [0.1, 0.15) is 65.8 Å². The standard InChI is InChI=1S/C47H41N3O11/c1-3-16-31-25-26-37(38(27-31)55-2)56-29-36-28-50(49-48-36)43-42(61-47(54)35-23-14-7-15-24-35)41(60-46(53)34-21-12-6-13-22-34)40(59-45(52)33-19-10-5-11-20-33)39(58-43)30-57-44(51)32-17-8-4-9-18-32/h3-28,39-43H,29-30H2,1-2H3/b16-3+/t39-,40+,41+,42-,43-/m1/s1. The summed E-state index contributed by atoms with van der Waals surface area (Å²) < 4.78 is 43.7. The lowest BCUT2D eigenvalue weighted by atomic mass is 9.96. The van der Waals surface area contributed by atoms with Crippen molar-refractivity contribution in [3.63, 3.8) is 0 Å². The first-order valence-corrected chi connectivity index (χ1v) is 19.3. The van der Waals surface area contributed by atoms with Crippen LogP contribution in [0.25, 0.3) is 6.08 Å². The fraction of sp³-hybridized carbons (Fsp3) is 0.191. The number of nitrogens with zero attached hydrogens (tertiary/aromatic N) is 3. The molecule has 0 N–H and O–H groups in total. The molecule has 0 unspecified atom stereocenters. The van der Waals surface area contributed by atoms with Gasteiger partial charge in [0.2, 0.25) is 0 Å². The van der Waals surface area contributed by atoms with Crippen LogP contribution in [0, 0.1) is 0 Å². The molecule has 1 aromatic heterocycles. The molecule has 310 valence electrons. The van der Waals surface area contributed by atoms with E-state index < -0.39 is 61.1 Å². The van der Waals surface area contributed by atoms with Crippen molar-refractivity contribution in [2.75, 3.05) is 13.7 Å². The summed E-state index contributed by atoms with van der Waals surface area (Å²) in [7, 11) is 1.54. The number of hydrogen-bond donors (Lipinski definition) is 0. The highest BCUT2D eigenvalue weighted by Gasteiger charge is 2.54. The smallest absolute Gasteiger partial charge is 0.338 e. The third kappa shape index (κ3) is 10.4. The number of esters is 4. The molecule has 5 atom stereocenters. The van der Waals surface area contributed by atoms with E-state index in [9.17, 15) is 19.2 Å². The van der Waals surface area contributed by atoms with Crippen LogP contribution in [0.3, 0.4) is 0 Å². The van der Waals surface area contributed by atoms with Gasteiger partial charge in [0.05, 0.1) is 35.6 Å². The number of ether oxygens (including phenoxy) is 7. The molecule has 6 aromatic rings. The first-order valence-electron chi connectivity index (χ1n) is 19.3. The van der Waals surface area contributed by atoms with E-state index in [1.807, 2.05) is 31.2 Å². The van der Waals surface area contributed by atoms with Crippen molar-refractivity contribution in [2.24, 2.45) is 0 Å². The molecule has 1 aliphatic heterocycles. The topological polar surface area (TPSA) is 164 Å². The molecule has 0 saturated carbocycles. The van der Waals surface area contributed by atoms with Crippen LogP contribution in [0.15, 0.2) is 152 Å². The SMILES string of the molecule is C/C=C/c1ccc(OCc2cn([C@@H]3O[C@H](COC(=O)c4ccccc4)[C@H](OC(=O)c4ccccc4)[C@H](OC(=O)c4ccccc4)[C@H]3OC(=O)c3ccccc3)nn2)c(OC)c1. The lowest BCUT2D eigenvalue weighted by molar-refractivity contribution is -0.252. The molecule has 5 aromatic carbocycles. The Morgan fingerprint density at radius 2 is 1.15 bits per heavy atom. The van der Waals surface area contributed by atoms with Gasteiger partial charge in [-0.15, -0.1) is 5.10 Å². The molecule has 0 radical (unpaired) electrons. The second kappa shape index (κ2) is 19.9. The Hall–Kier alpha value is -7.58. The Morgan fingerprint density at radius 3 is 1.67 bits per heavy atom. The van der Waals surface area contributed by atoms with Crippen molar-refractivity contribution in [3.8, 4) is 11.5 Å². The number of methoxy groups -OCH3 is 1. The third-order valence-electron chi connectivity index (χ3n) is 9.50. The summed E-state index contributed by atoms with van der Waals surface area (Å²) in [6.45, 7) is 1.35. The van der Waals surface area contributed by atoms with E-state index in [2.05, 4.69) is 10.3 Å². The van der Waals surface area contributed by atoms with Crippen LogP contribution < -0.4 is 9.47 Å². The molecule has 7 rings (SSSR count). The van der Waals surface area contributed by atoms with Gasteiger partial charge in [-0.3, -0.25) is 0 Å². The van der Waals surface area contributed by atoms with Crippen molar-refractivity contribution in [2.45, 2.75) is 44.2 Å². The Kier molecular flexibility index (Phi) is 13.6. The summed E-state index contributed by atoms with van der Waals surface area (Å²) in [5.41, 5.74) is 2.01.